The molecule has 0 heterocycles. The fourth-order valence-corrected chi connectivity index (χ4v) is 0. The Bertz CT molecular complexity index is 442. The molecule has 0 bridgehead atoms. The van der Waals surface area contributed by atoms with Crippen molar-refractivity contribution >= 4 is 60.2 Å². The quantitative estimate of drug-likeness (QED) is 0.134. The molecule has 0 aromatic rings. The van der Waals surface area contributed by atoms with E-state index in [1.54, 1.807) is 0 Å². The van der Waals surface area contributed by atoms with Crippen molar-refractivity contribution < 1.29 is 186 Å². The van der Waals surface area contributed by atoms with Crippen molar-refractivity contribution in [3.8, 4) is 0 Å². The van der Waals surface area contributed by atoms with Crippen molar-refractivity contribution in [3.05, 3.63) is 0 Å². The SMILES string of the molecule is CC(=O)[O-].O.O.O.O.O.O.O.O.O.O.O.O.O.O.O=S(=O)(O)O.O=S(=O)([O-])[O-].O=S(=O)([O-])[O-].[Mg+2].[Mn+2].[Na+]. The summed E-state index contributed by atoms with van der Waals surface area (Å²) in [7, 11) is -15.0. The van der Waals surface area contributed by atoms with Gasteiger partial charge in [0.1, 0.15) is 0 Å². The topological polar surface area (TPSA) is 716 Å². The molecule has 1 radical (unpaired) electrons. The van der Waals surface area contributed by atoms with E-state index in [4.69, 9.17) is 62.5 Å². The van der Waals surface area contributed by atoms with Crippen LogP contribution in [0.15, 0.2) is 0 Å². The molecule has 0 fully saturated rings. The summed E-state index contributed by atoms with van der Waals surface area (Å²) < 4.78 is 99.7. The van der Waals surface area contributed by atoms with E-state index in [0.29, 0.717) is 0 Å². The van der Waals surface area contributed by atoms with Gasteiger partial charge in [0.15, 0.2) is 0 Å². The Morgan fingerprint density at radius 3 is 0.528 bits per heavy atom. The van der Waals surface area contributed by atoms with Gasteiger partial charge in [-0.1, -0.05) is 0 Å². The van der Waals surface area contributed by atoms with Crippen molar-refractivity contribution in [3.63, 3.8) is 0 Å². The van der Waals surface area contributed by atoms with Crippen LogP contribution in [0.3, 0.4) is 0 Å². The second-order valence-electron chi connectivity index (χ2n) is 1.76. The molecule has 237 valence electrons. The van der Waals surface area contributed by atoms with E-state index >= 15 is 0 Å². The van der Waals surface area contributed by atoms with Crippen LogP contribution in [-0.4, -0.2) is 158 Å². The fourth-order valence-electron chi connectivity index (χ4n) is 0. The van der Waals surface area contributed by atoms with Crippen LogP contribution < -0.4 is 34.7 Å². The summed E-state index contributed by atoms with van der Waals surface area (Å²) >= 11 is 0. The van der Waals surface area contributed by atoms with Crippen LogP contribution in [-0.2, 0) is 53.1 Å². The summed E-state index contributed by atoms with van der Waals surface area (Å²) in [5.41, 5.74) is 0. The third-order valence-corrected chi connectivity index (χ3v) is 0. The number of rotatable bonds is 0. The molecule has 0 saturated heterocycles. The second kappa shape index (κ2) is 91.2. The zero-order valence-electron chi connectivity index (χ0n) is 17.6. The van der Waals surface area contributed by atoms with Gasteiger partial charge in [-0.2, -0.15) is 8.42 Å². The molecule has 0 saturated carbocycles. The monoisotopic (exact) mass is 703 g/mol. The predicted molar refractivity (Wildman–Crippen MR) is 102 cm³/mol. The largest absolute Gasteiger partial charge is 2.00 e. The van der Waals surface area contributed by atoms with Gasteiger partial charge in [0, 0.05) is 26.8 Å². The minimum Gasteiger partial charge on any atom is -0.759 e. The van der Waals surface area contributed by atoms with Crippen LogP contribution >= 0.6 is 0 Å². The minimum absolute atomic E-state index is 0. The summed E-state index contributed by atoms with van der Waals surface area (Å²) in [4.78, 5) is 8.89. The summed E-state index contributed by atoms with van der Waals surface area (Å²) in [6.07, 6.45) is 0. The fraction of sp³-hybridized carbons (Fsp3) is 0.500. The number of hydrogen-bond donors (Lipinski definition) is 2. The van der Waals surface area contributed by atoms with E-state index in [1.165, 1.54) is 0 Å². The number of carbonyl (C=O) groups excluding carboxylic acids is 1. The number of carboxylic acid groups (broad SMARTS) is 1. The molecule has 34 heteroatoms. The maximum absolute atomic E-state index is 8.89. The van der Waals surface area contributed by atoms with E-state index in [1.807, 2.05) is 0 Å². The van der Waals surface area contributed by atoms with E-state index in [2.05, 4.69) is 0 Å². The van der Waals surface area contributed by atoms with Crippen LogP contribution in [0, 0.1) is 0 Å². The Morgan fingerprint density at radius 1 is 0.528 bits per heavy atom. The summed E-state index contributed by atoms with van der Waals surface area (Å²) in [5.74, 6) is -1.08. The Hall–Kier alpha value is 0.806. The van der Waals surface area contributed by atoms with Gasteiger partial charge in [0.25, 0.3) is 0 Å². The maximum atomic E-state index is 8.89. The molecule has 28 nitrogen and oxygen atoms in total. The average molecular weight is 704 g/mol. The Kier molecular flexibility index (Phi) is 479. The molecule has 0 amide bonds. The van der Waals surface area contributed by atoms with Crippen molar-refractivity contribution in [2.45, 2.75) is 6.92 Å². The Morgan fingerprint density at radius 2 is 0.528 bits per heavy atom. The molecule has 36 heavy (non-hydrogen) atoms. The van der Waals surface area contributed by atoms with Gasteiger partial charge < -0.3 is 105 Å². The molecule has 0 aromatic heterocycles. The molecule has 0 aliphatic carbocycles. The van der Waals surface area contributed by atoms with Crippen LogP contribution in [0.5, 0.6) is 0 Å². The first-order chi connectivity index (χ1) is 7.73. The van der Waals surface area contributed by atoms with Crippen LogP contribution in [0.2, 0.25) is 0 Å². The standard InChI is InChI=1S/C2H4O2.Mg.Mn.Na.3H2O4S.14H2O/c1-2(3)4;;;;3*1-5(2,3)4;;;;;;;;;;;;;;/h1H3,(H,3,4);;;;3*(H2,1,2,3,4);14*1H2/q;2*+2;+1;;;;;;;;;;;;;;;;;/p-5. The zero-order chi connectivity index (χ0) is 17.1. The van der Waals surface area contributed by atoms with Crippen LogP contribution in [0.25, 0.3) is 0 Å². The predicted octanol–water partition coefficient (Wildman–Crippen LogP) is -19.5. The number of carboxylic acids is 1. The smallest absolute Gasteiger partial charge is 0.759 e. The Balaban J connectivity index is -0.00000000380. The zero-order valence-corrected chi connectivity index (χ0v) is 24.6. The van der Waals surface area contributed by atoms with E-state index in [0.717, 1.165) is 6.92 Å². The third-order valence-electron chi connectivity index (χ3n) is 0. The summed E-state index contributed by atoms with van der Waals surface area (Å²) in [6, 6.07) is 0. The number of carbonyl (C=O) groups is 1. The molecule has 0 aromatic carbocycles. The van der Waals surface area contributed by atoms with E-state index in [9.17, 15) is 0 Å². The van der Waals surface area contributed by atoms with Gasteiger partial charge in [0.05, 0.1) is 0 Å². The van der Waals surface area contributed by atoms with Gasteiger partial charge in [-0.15, -0.1) is 0 Å². The average Bonchev–Trinajstić information content (AvgIpc) is 1.66. The molecule has 0 atom stereocenters. The van der Waals surface area contributed by atoms with Crippen molar-refractivity contribution in [1.82, 2.24) is 0 Å². The molecule has 0 aliphatic heterocycles. The van der Waals surface area contributed by atoms with Crippen LogP contribution in [0.1, 0.15) is 6.92 Å². The van der Waals surface area contributed by atoms with E-state index < -0.39 is 37.2 Å². The first-order valence-electron chi connectivity index (χ1n) is 2.94. The number of hydrogen-bond acceptors (Lipinski definition) is 12. The molecule has 0 rings (SSSR count). The first kappa shape index (κ1) is 189. The molecular formula is C2H33MgMnNaO28S3. The van der Waals surface area contributed by atoms with Gasteiger partial charge >= 0.3 is 80.1 Å². The van der Waals surface area contributed by atoms with Crippen molar-refractivity contribution in [2.75, 3.05) is 0 Å². The van der Waals surface area contributed by atoms with Crippen molar-refractivity contribution in [2.24, 2.45) is 0 Å². The minimum atomic E-state index is -5.17. The maximum Gasteiger partial charge on any atom is 2.00 e. The van der Waals surface area contributed by atoms with E-state index in [-0.39, 0.29) is 146 Å². The van der Waals surface area contributed by atoms with Crippen molar-refractivity contribution in [1.29, 1.82) is 0 Å². The number of aliphatic carboxylic acids is 1. The molecule has 0 unspecified atom stereocenters. The molecule has 30 N–H and O–H groups in total. The second-order valence-corrected chi connectivity index (χ2v) is 4.28. The third kappa shape index (κ3) is 61300. The molecule has 0 aliphatic rings. The van der Waals surface area contributed by atoms with Gasteiger partial charge in [-0.25, -0.2) is 0 Å². The first-order valence-corrected chi connectivity index (χ1v) is 7.00. The Labute approximate surface area is 251 Å². The van der Waals surface area contributed by atoms with Crippen LogP contribution in [0.4, 0.5) is 0 Å². The molecular weight excluding hydrogens is 670 g/mol. The summed E-state index contributed by atoms with van der Waals surface area (Å²) in [5, 5.41) is 8.89. The van der Waals surface area contributed by atoms with Gasteiger partial charge in [-0.05, 0) is 6.92 Å². The van der Waals surface area contributed by atoms with Gasteiger partial charge in [0.2, 0.25) is 0 Å². The van der Waals surface area contributed by atoms with Gasteiger partial charge in [-0.3, -0.25) is 25.9 Å². The molecule has 0 spiro atoms. The summed E-state index contributed by atoms with van der Waals surface area (Å²) in [6.45, 7) is 0.972. The normalized spacial score (nSPS) is 5.53.